The molecule has 0 aliphatic rings. The van der Waals surface area contributed by atoms with Crippen LogP contribution in [-0.4, -0.2) is 7.05 Å². The third kappa shape index (κ3) is 1.76. The molecule has 0 amide bonds. The number of hydrogen-bond acceptors (Lipinski definition) is 1. The molecule has 0 spiro atoms. The minimum Gasteiger partial charge on any atom is -0.388 e. The molecule has 0 heterocycles. The van der Waals surface area contributed by atoms with E-state index in [4.69, 9.17) is 0 Å². The summed E-state index contributed by atoms with van der Waals surface area (Å²) in [7, 11) is 1.95. The summed E-state index contributed by atoms with van der Waals surface area (Å²) < 4.78 is 0. The lowest BCUT2D eigenvalue weighted by atomic mass is 10.1. The molecule has 2 aromatic rings. The average Bonchev–Trinajstić information content (AvgIpc) is 2.17. The molecule has 0 radical (unpaired) electrons. The zero-order valence-electron chi connectivity index (χ0n) is 7.45. The Hall–Kier alpha value is -1.21. The second-order valence-corrected chi connectivity index (χ2v) is 2.78. The van der Waals surface area contributed by atoms with Crippen molar-refractivity contribution in [3.8, 4) is 0 Å². The van der Waals surface area contributed by atoms with Gasteiger partial charge in [0.1, 0.15) is 0 Å². The highest BCUT2D eigenvalue weighted by molar-refractivity contribution is 5.93. The third-order valence-corrected chi connectivity index (χ3v) is 2.06. The lowest BCUT2D eigenvalue weighted by Crippen LogP contribution is -1.88. The highest BCUT2D eigenvalue weighted by Crippen LogP contribution is 2.21. The number of rotatable bonds is 1. The SMILES string of the molecule is CNc1cccc2ccccc12.Cl. The van der Waals surface area contributed by atoms with E-state index in [9.17, 15) is 0 Å². The van der Waals surface area contributed by atoms with E-state index in [1.807, 2.05) is 7.05 Å². The molecule has 0 saturated heterocycles. The smallest absolute Gasteiger partial charge is 0.0417 e. The fourth-order valence-corrected chi connectivity index (χ4v) is 1.44. The second kappa shape index (κ2) is 4.15. The molecule has 0 aliphatic heterocycles. The fourth-order valence-electron chi connectivity index (χ4n) is 1.44. The number of benzene rings is 2. The molecule has 68 valence electrons. The molecular formula is C11H12ClN. The van der Waals surface area contributed by atoms with Gasteiger partial charge in [-0.15, -0.1) is 12.4 Å². The van der Waals surface area contributed by atoms with Gasteiger partial charge in [0.25, 0.3) is 0 Å². The largest absolute Gasteiger partial charge is 0.388 e. The maximum atomic E-state index is 3.17. The summed E-state index contributed by atoms with van der Waals surface area (Å²) in [5.41, 5.74) is 1.19. The summed E-state index contributed by atoms with van der Waals surface area (Å²) in [6.07, 6.45) is 0. The lowest BCUT2D eigenvalue weighted by Gasteiger charge is -2.04. The summed E-state index contributed by atoms with van der Waals surface area (Å²) >= 11 is 0. The molecule has 2 rings (SSSR count). The molecule has 0 atom stereocenters. The zero-order valence-corrected chi connectivity index (χ0v) is 8.27. The molecule has 0 fully saturated rings. The van der Waals surface area contributed by atoms with Crippen LogP contribution in [0.25, 0.3) is 10.8 Å². The summed E-state index contributed by atoms with van der Waals surface area (Å²) in [5.74, 6) is 0. The molecule has 0 saturated carbocycles. The van der Waals surface area contributed by atoms with E-state index in [-0.39, 0.29) is 12.4 Å². The highest BCUT2D eigenvalue weighted by Gasteiger charge is 1.95. The van der Waals surface area contributed by atoms with Crippen LogP contribution in [0, 0.1) is 0 Å². The van der Waals surface area contributed by atoms with E-state index in [0.717, 1.165) is 0 Å². The van der Waals surface area contributed by atoms with Crippen molar-refractivity contribution < 1.29 is 0 Å². The third-order valence-electron chi connectivity index (χ3n) is 2.06. The van der Waals surface area contributed by atoms with Crippen LogP contribution in [0.3, 0.4) is 0 Å². The van der Waals surface area contributed by atoms with Crippen molar-refractivity contribution in [1.29, 1.82) is 0 Å². The maximum absolute atomic E-state index is 3.17. The van der Waals surface area contributed by atoms with E-state index in [1.54, 1.807) is 0 Å². The predicted molar refractivity (Wildman–Crippen MR) is 60.7 cm³/mol. The molecule has 0 bridgehead atoms. The number of halogens is 1. The summed E-state index contributed by atoms with van der Waals surface area (Å²) in [6.45, 7) is 0. The van der Waals surface area contributed by atoms with Crippen LogP contribution < -0.4 is 5.32 Å². The maximum Gasteiger partial charge on any atom is 0.0417 e. The molecule has 2 heteroatoms. The Kier molecular flexibility index (Phi) is 3.15. The highest BCUT2D eigenvalue weighted by atomic mass is 35.5. The summed E-state index contributed by atoms with van der Waals surface area (Å²) in [5, 5.41) is 5.73. The van der Waals surface area contributed by atoms with Crippen LogP contribution in [-0.2, 0) is 0 Å². The van der Waals surface area contributed by atoms with Crippen LogP contribution in [0.5, 0.6) is 0 Å². The summed E-state index contributed by atoms with van der Waals surface area (Å²) in [6, 6.07) is 14.6. The summed E-state index contributed by atoms with van der Waals surface area (Å²) in [4.78, 5) is 0. The first-order valence-corrected chi connectivity index (χ1v) is 4.07. The number of fused-ring (bicyclic) bond motifs is 1. The van der Waals surface area contributed by atoms with Gasteiger partial charge in [0.05, 0.1) is 0 Å². The first-order valence-electron chi connectivity index (χ1n) is 4.07. The van der Waals surface area contributed by atoms with Gasteiger partial charge in [0.15, 0.2) is 0 Å². The van der Waals surface area contributed by atoms with E-state index < -0.39 is 0 Å². The van der Waals surface area contributed by atoms with Gasteiger partial charge in [-0.3, -0.25) is 0 Å². The Morgan fingerprint density at radius 1 is 0.923 bits per heavy atom. The Labute approximate surface area is 84.2 Å². The zero-order chi connectivity index (χ0) is 8.39. The average molecular weight is 194 g/mol. The molecular weight excluding hydrogens is 182 g/mol. The van der Waals surface area contributed by atoms with Crippen molar-refractivity contribution in [2.24, 2.45) is 0 Å². The lowest BCUT2D eigenvalue weighted by molar-refractivity contribution is 1.55. The normalized spacial score (nSPS) is 9.31. The van der Waals surface area contributed by atoms with Gasteiger partial charge in [-0.05, 0) is 11.5 Å². The van der Waals surface area contributed by atoms with E-state index in [2.05, 4.69) is 47.8 Å². The van der Waals surface area contributed by atoms with Gasteiger partial charge in [-0.1, -0.05) is 36.4 Å². The first-order chi connectivity index (χ1) is 5.92. The van der Waals surface area contributed by atoms with Crippen LogP contribution in [0.4, 0.5) is 5.69 Å². The molecule has 2 aromatic carbocycles. The minimum atomic E-state index is 0. The Morgan fingerprint density at radius 3 is 2.38 bits per heavy atom. The fraction of sp³-hybridized carbons (Fsp3) is 0.0909. The van der Waals surface area contributed by atoms with E-state index in [0.29, 0.717) is 0 Å². The topological polar surface area (TPSA) is 12.0 Å². The van der Waals surface area contributed by atoms with Gasteiger partial charge >= 0.3 is 0 Å². The quantitative estimate of drug-likeness (QED) is 0.733. The van der Waals surface area contributed by atoms with Crippen LogP contribution in [0.1, 0.15) is 0 Å². The van der Waals surface area contributed by atoms with Gasteiger partial charge in [-0.2, -0.15) is 0 Å². The minimum absolute atomic E-state index is 0. The molecule has 0 unspecified atom stereocenters. The van der Waals surface area contributed by atoms with Crippen molar-refractivity contribution in [2.75, 3.05) is 12.4 Å². The van der Waals surface area contributed by atoms with Gasteiger partial charge in [0, 0.05) is 18.1 Å². The van der Waals surface area contributed by atoms with Crippen molar-refractivity contribution >= 4 is 28.9 Å². The second-order valence-electron chi connectivity index (χ2n) is 2.78. The van der Waals surface area contributed by atoms with Gasteiger partial charge < -0.3 is 5.32 Å². The van der Waals surface area contributed by atoms with E-state index >= 15 is 0 Å². The van der Waals surface area contributed by atoms with Gasteiger partial charge in [0.2, 0.25) is 0 Å². The van der Waals surface area contributed by atoms with Gasteiger partial charge in [-0.25, -0.2) is 0 Å². The predicted octanol–water partition coefficient (Wildman–Crippen LogP) is 3.30. The van der Waals surface area contributed by atoms with Crippen molar-refractivity contribution in [3.05, 3.63) is 42.5 Å². The Morgan fingerprint density at radius 2 is 1.62 bits per heavy atom. The first kappa shape index (κ1) is 9.87. The van der Waals surface area contributed by atoms with Crippen LogP contribution >= 0.6 is 12.4 Å². The van der Waals surface area contributed by atoms with Crippen LogP contribution in [0.15, 0.2) is 42.5 Å². The number of nitrogens with one attached hydrogen (secondary N) is 1. The number of anilines is 1. The standard InChI is InChI=1S/C11H11N.ClH/c1-12-11-8-4-6-9-5-2-3-7-10(9)11;/h2-8,12H,1H3;1H. The molecule has 0 aromatic heterocycles. The molecule has 1 nitrogen and oxygen atoms in total. The molecule has 0 aliphatic carbocycles. The van der Waals surface area contributed by atoms with Crippen molar-refractivity contribution in [2.45, 2.75) is 0 Å². The van der Waals surface area contributed by atoms with E-state index in [1.165, 1.54) is 16.5 Å². The monoisotopic (exact) mass is 193 g/mol. The molecule has 1 N–H and O–H groups in total. The van der Waals surface area contributed by atoms with Crippen molar-refractivity contribution in [1.82, 2.24) is 0 Å². The Balaban J connectivity index is 0.000000845. The van der Waals surface area contributed by atoms with Crippen LogP contribution in [0.2, 0.25) is 0 Å². The number of hydrogen-bond donors (Lipinski definition) is 1. The molecule has 13 heavy (non-hydrogen) atoms. The van der Waals surface area contributed by atoms with Crippen molar-refractivity contribution in [3.63, 3.8) is 0 Å². The Bertz CT molecular complexity index is 393.